The summed E-state index contributed by atoms with van der Waals surface area (Å²) < 4.78 is 13.3. The molecule has 0 aliphatic carbocycles. The lowest BCUT2D eigenvalue weighted by atomic mass is 10.1. The summed E-state index contributed by atoms with van der Waals surface area (Å²) in [5.74, 6) is -0.452. The molecule has 0 spiro atoms. The molecule has 2 aromatic rings. The van der Waals surface area contributed by atoms with Gasteiger partial charge in [0, 0.05) is 29.8 Å². The smallest absolute Gasteiger partial charge is 0.252 e. The predicted molar refractivity (Wildman–Crippen MR) is 96.1 cm³/mol. The summed E-state index contributed by atoms with van der Waals surface area (Å²) in [6.45, 7) is 4.86. The van der Waals surface area contributed by atoms with Gasteiger partial charge >= 0.3 is 0 Å². The SMILES string of the molecule is CCc1c(C(=O)N[C@@H]2CC(=O)N(Cc3cccc(F)c3)C2)csc1C. The van der Waals surface area contributed by atoms with Gasteiger partial charge in [0.05, 0.1) is 11.6 Å². The molecule has 1 saturated heterocycles. The molecule has 1 atom stereocenters. The summed E-state index contributed by atoms with van der Waals surface area (Å²) in [4.78, 5) is 27.5. The fraction of sp³-hybridized carbons (Fsp3) is 0.368. The Bertz CT molecular complexity index is 802. The Hall–Kier alpha value is -2.21. The zero-order valence-corrected chi connectivity index (χ0v) is 15.2. The van der Waals surface area contributed by atoms with Gasteiger partial charge in [-0.2, -0.15) is 0 Å². The summed E-state index contributed by atoms with van der Waals surface area (Å²) in [6, 6.07) is 6.03. The summed E-state index contributed by atoms with van der Waals surface area (Å²) in [7, 11) is 0. The van der Waals surface area contributed by atoms with Crippen LogP contribution in [-0.2, 0) is 17.8 Å². The minimum atomic E-state index is -0.311. The molecule has 0 unspecified atom stereocenters. The summed E-state index contributed by atoms with van der Waals surface area (Å²) in [5.41, 5.74) is 2.53. The molecule has 1 fully saturated rings. The van der Waals surface area contributed by atoms with Crippen LogP contribution in [-0.4, -0.2) is 29.3 Å². The fourth-order valence-electron chi connectivity index (χ4n) is 3.25. The molecule has 2 amide bonds. The van der Waals surface area contributed by atoms with E-state index in [-0.39, 0.29) is 30.1 Å². The maximum absolute atomic E-state index is 13.3. The van der Waals surface area contributed by atoms with Crippen molar-refractivity contribution in [1.29, 1.82) is 0 Å². The largest absolute Gasteiger partial charge is 0.347 e. The first-order chi connectivity index (χ1) is 12.0. The number of hydrogen-bond acceptors (Lipinski definition) is 3. The van der Waals surface area contributed by atoms with Crippen LogP contribution in [0.4, 0.5) is 4.39 Å². The number of aryl methyl sites for hydroxylation is 1. The molecule has 1 aliphatic rings. The number of nitrogens with one attached hydrogen (secondary N) is 1. The molecule has 2 heterocycles. The molecular weight excluding hydrogens is 339 g/mol. The standard InChI is InChI=1S/C19H21FN2O2S/c1-3-16-12(2)25-11-17(16)19(24)21-15-8-18(23)22(10-15)9-13-5-4-6-14(20)7-13/h4-7,11,15H,3,8-10H2,1-2H3,(H,21,24)/t15-/m1/s1. The van der Waals surface area contributed by atoms with Gasteiger partial charge in [0.15, 0.2) is 0 Å². The van der Waals surface area contributed by atoms with Crippen LogP contribution in [0.3, 0.4) is 0 Å². The number of thiophene rings is 1. The molecule has 4 nitrogen and oxygen atoms in total. The maximum atomic E-state index is 13.3. The second kappa shape index (κ2) is 7.35. The summed E-state index contributed by atoms with van der Waals surface area (Å²) in [5, 5.41) is 4.85. The highest BCUT2D eigenvalue weighted by Gasteiger charge is 2.31. The first-order valence-electron chi connectivity index (χ1n) is 8.38. The van der Waals surface area contributed by atoms with Gasteiger partial charge < -0.3 is 10.2 Å². The molecular formula is C19H21FN2O2S. The molecule has 0 bridgehead atoms. The van der Waals surface area contributed by atoms with Crippen molar-refractivity contribution < 1.29 is 14.0 Å². The highest BCUT2D eigenvalue weighted by molar-refractivity contribution is 7.10. The highest BCUT2D eigenvalue weighted by Crippen LogP contribution is 2.23. The van der Waals surface area contributed by atoms with Crippen molar-refractivity contribution in [3.05, 3.63) is 57.0 Å². The first-order valence-corrected chi connectivity index (χ1v) is 9.26. The van der Waals surface area contributed by atoms with E-state index in [0.29, 0.717) is 18.7 Å². The Balaban J connectivity index is 1.63. The van der Waals surface area contributed by atoms with Crippen molar-refractivity contribution >= 4 is 23.2 Å². The van der Waals surface area contributed by atoms with Crippen LogP contribution >= 0.6 is 11.3 Å². The zero-order chi connectivity index (χ0) is 18.0. The fourth-order valence-corrected chi connectivity index (χ4v) is 4.19. The van der Waals surface area contributed by atoms with E-state index in [1.165, 1.54) is 12.1 Å². The average molecular weight is 360 g/mol. The van der Waals surface area contributed by atoms with E-state index in [0.717, 1.165) is 22.4 Å². The van der Waals surface area contributed by atoms with Crippen molar-refractivity contribution in [2.45, 2.75) is 39.3 Å². The topological polar surface area (TPSA) is 49.4 Å². The number of rotatable bonds is 5. The molecule has 3 rings (SSSR count). The van der Waals surface area contributed by atoms with Gasteiger partial charge in [-0.1, -0.05) is 19.1 Å². The molecule has 0 radical (unpaired) electrons. The van der Waals surface area contributed by atoms with E-state index in [1.807, 2.05) is 19.2 Å². The van der Waals surface area contributed by atoms with Crippen LogP contribution in [0, 0.1) is 12.7 Å². The van der Waals surface area contributed by atoms with E-state index in [1.54, 1.807) is 28.4 Å². The van der Waals surface area contributed by atoms with E-state index < -0.39 is 0 Å². The van der Waals surface area contributed by atoms with Crippen molar-refractivity contribution in [3.8, 4) is 0 Å². The van der Waals surface area contributed by atoms with Gasteiger partial charge in [-0.3, -0.25) is 9.59 Å². The summed E-state index contributed by atoms with van der Waals surface area (Å²) >= 11 is 1.57. The van der Waals surface area contributed by atoms with E-state index in [4.69, 9.17) is 0 Å². The van der Waals surface area contributed by atoms with Crippen molar-refractivity contribution in [2.24, 2.45) is 0 Å². The van der Waals surface area contributed by atoms with Crippen LogP contribution in [0.5, 0.6) is 0 Å². The maximum Gasteiger partial charge on any atom is 0.252 e. The van der Waals surface area contributed by atoms with Crippen molar-refractivity contribution in [2.75, 3.05) is 6.54 Å². The van der Waals surface area contributed by atoms with Crippen molar-refractivity contribution in [1.82, 2.24) is 10.2 Å². The van der Waals surface area contributed by atoms with Crippen LogP contribution in [0.1, 0.15) is 39.7 Å². The second-order valence-electron chi connectivity index (χ2n) is 6.32. The number of likely N-dealkylation sites (tertiary alicyclic amines) is 1. The molecule has 1 N–H and O–H groups in total. The lowest BCUT2D eigenvalue weighted by Gasteiger charge is -2.17. The number of benzene rings is 1. The van der Waals surface area contributed by atoms with Crippen LogP contribution in [0.2, 0.25) is 0 Å². The van der Waals surface area contributed by atoms with E-state index in [2.05, 4.69) is 5.32 Å². The Kier molecular flexibility index (Phi) is 5.18. The highest BCUT2D eigenvalue weighted by atomic mass is 32.1. The van der Waals surface area contributed by atoms with Gasteiger partial charge in [-0.05, 0) is 36.6 Å². The lowest BCUT2D eigenvalue weighted by Crippen LogP contribution is -2.37. The van der Waals surface area contributed by atoms with Gasteiger partial charge in [-0.15, -0.1) is 11.3 Å². The van der Waals surface area contributed by atoms with Crippen LogP contribution in [0.25, 0.3) is 0 Å². The van der Waals surface area contributed by atoms with Gasteiger partial charge in [0.25, 0.3) is 5.91 Å². The third-order valence-electron chi connectivity index (χ3n) is 4.51. The van der Waals surface area contributed by atoms with Gasteiger partial charge in [0.2, 0.25) is 5.91 Å². The minimum absolute atomic E-state index is 0.0215. The third-order valence-corrected chi connectivity index (χ3v) is 5.47. The lowest BCUT2D eigenvalue weighted by molar-refractivity contribution is -0.128. The number of nitrogens with zero attached hydrogens (tertiary/aromatic N) is 1. The monoisotopic (exact) mass is 360 g/mol. The number of halogens is 1. The van der Waals surface area contributed by atoms with Crippen LogP contribution in [0.15, 0.2) is 29.6 Å². The Morgan fingerprint density at radius 3 is 2.96 bits per heavy atom. The number of hydrogen-bond donors (Lipinski definition) is 1. The van der Waals surface area contributed by atoms with Crippen molar-refractivity contribution in [3.63, 3.8) is 0 Å². The summed E-state index contributed by atoms with van der Waals surface area (Å²) in [6.07, 6.45) is 1.10. The quantitative estimate of drug-likeness (QED) is 0.889. The molecule has 1 aromatic heterocycles. The van der Waals surface area contributed by atoms with E-state index in [9.17, 15) is 14.0 Å². The molecule has 1 aromatic carbocycles. The van der Waals surface area contributed by atoms with Gasteiger partial charge in [-0.25, -0.2) is 4.39 Å². The number of carbonyl (C=O) groups is 2. The average Bonchev–Trinajstić information content (AvgIpc) is 3.10. The Morgan fingerprint density at radius 1 is 1.44 bits per heavy atom. The molecule has 132 valence electrons. The van der Waals surface area contributed by atoms with Crippen LogP contribution < -0.4 is 5.32 Å². The van der Waals surface area contributed by atoms with E-state index >= 15 is 0 Å². The molecule has 6 heteroatoms. The second-order valence-corrected chi connectivity index (χ2v) is 7.40. The molecule has 0 saturated carbocycles. The third kappa shape index (κ3) is 3.90. The predicted octanol–water partition coefficient (Wildman–Crippen LogP) is 3.29. The Morgan fingerprint density at radius 2 is 2.24 bits per heavy atom. The minimum Gasteiger partial charge on any atom is -0.347 e. The van der Waals surface area contributed by atoms with Gasteiger partial charge in [0.1, 0.15) is 5.82 Å². The number of amides is 2. The zero-order valence-electron chi connectivity index (χ0n) is 14.3. The molecule has 25 heavy (non-hydrogen) atoms. The number of carbonyl (C=O) groups excluding carboxylic acids is 2. The molecule has 1 aliphatic heterocycles. The normalized spacial score (nSPS) is 17.2. The Labute approximate surface area is 150 Å². The first kappa shape index (κ1) is 17.6.